The van der Waals surface area contributed by atoms with Crippen LogP contribution >= 0.6 is 0 Å². The fourth-order valence-corrected chi connectivity index (χ4v) is 1.77. The summed E-state index contributed by atoms with van der Waals surface area (Å²) in [5.41, 5.74) is 6.88. The van der Waals surface area contributed by atoms with Gasteiger partial charge in [-0.05, 0) is 30.3 Å². The van der Waals surface area contributed by atoms with Crippen LogP contribution < -0.4 is 20.5 Å². The molecule has 2 rings (SSSR count). The van der Waals surface area contributed by atoms with Crippen LogP contribution in [0.15, 0.2) is 36.4 Å². The van der Waals surface area contributed by atoms with Gasteiger partial charge in [-0.3, -0.25) is 4.79 Å². The van der Waals surface area contributed by atoms with Crippen LogP contribution in [-0.2, 0) is 0 Å². The van der Waals surface area contributed by atoms with Crippen molar-refractivity contribution in [3.63, 3.8) is 0 Å². The molecule has 0 aromatic heterocycles. The van der Waals surface area contributed by atoms with Gasteiger partial charge >= 0.3 is 0 Å². The van der Waals surface area contributed by atoms with E-state index in [1.807, 2.05) is 0 Å². The van der Waals surface area contributed by atoms with Crippen molar-refractivity contribution in [3.8, 4) is 11.5 Å². The molecule has 0 aliphatic carbocycles. The molecule has 0 heterocycles. The molecule has 0 spiro atoms. The Kier molecular flexibility index (Phi) is 4.27. The number of benzene rings is 2. The second-order valence-corrected chi connectivity index (χ2v) is 4.26. The first-order valence-corrected chi connectivity index (χ1v) is 6.13. The number of hydrogen-bond donors (Lipinski definition) is 2. The van der Waals surface area contributed by atoms with Crippen LogP contribution in [0, 0.1) is 5.82 Å². The molecule has 0 unspecified atom stereocenters. The Morgan fingerprint density at radius 2 is 1.90 bits per heavy atom. The molecule has 0 radical (unpaired) electrons. The van der Waals surface area contributed by atoms with Crippen LogP contribution in [0.1, 0.15) is 10.4 Å². The van der Waals surface area contributed by atoms with E-state index in [1.54, 1.807) is 18.2 Å². The van der Waals surface area contributed by atoms with Gasteiger partial charge in [0.15, 0.2) is 11.6 Å². The van der Waals surface area contributed by atoms with Gasteiger partial charge in [-0.1, -0.05) is 0 Å². The lowest BCUT2D eigenvalue weighted by atomic mass is 10.2. The van der Waals surface area contributed by atoms with Crippen LogP contribution in [0.3, 0.4) is 0 Å². The molecule has 0 saturated carbocycles. The maximum Gasteiger partial charge on any atom is 0.255 e. The monoisotopic (exact) mass is 290 g/mol. The molecular weight excluding hydrogens is 275 g/mol. The van der Waals surface area contributed by atoms with Crippen molar-refractivity contribution in [1.82, 2.24) is 0 Å². The van der Waals surface area contributed by atoms with E-state index >= 15 is 0 Å². The van der Waals surface area contributed by atoms with Crippen LogP contribution in [0.2, 0.25) is 0 Å². The number of nitrogens with two attached hydrogens (primary N) is 1. The SMILES string of the molecule is COc1ccc(N)c(NC(=O)c2ccc(F)c(OC)c2)c1. The molecule has 3 N–H and O–H groups in total. The summed E-state index contributed by atoms with van der Waals surface area (Å²) < 4.78 is 23.2. The zero-order valence-corrected chi connectivity index (χ0v) is 11.6. The summed E-state index contributed by atoms with van der Waals surface area (Å²) in [6.45, 7) is 0. The number of rotatable bonds is 4. The average molecular weight is 290 g/mol. The molecule has 0 aliphatic rings. The summed E-state index contributed by atoms with van der Waals surface area (Å²) in [5.74, 6) is -0.388. The van der Waals surface area contributed by atoms with Gasteiger partial charge < -0.3 is 20.5 Å². The predicted octanol–water partition coefficient (Wildman–Crippen LogP) is 2.68. The lowest BCUT2D eigenvalue weighted by Gasteiger charge is -2.11. The highest BCUT2D eigenvalue weighted by Gasteiger charge is 2.12. The summed E-state index contributed by atoms with van der Waals surface area (Å²) in [4.78, 5) is 12.2. The van der Waals surface area contributed by atoms with E-state index in [2.05, 4.69) is 5.32 Å². The Morgan fingerprint density at radius 1 is 1.14 bits per heavy atom. The predicted molar refractivity (Wildman–Crippen MR) is 78.3 cm³/mol. The first kappa shape index (κ1) is 14.6. The summed E-state index contributed by atoms with van der Waals surface area (Å²) in [5, 5.41) is 2.65. The third-order valence-corrected chi connectivity index (χ3v) is 2.92. The number of halogens is 1. The lowest BCUT2D eigenvalue weighted by Crippen LogP contribution is -2.13. The van der Waals surface area contributed by atoms with E-state index in [-0.39, 0.29) is 11.3 Å². The van der Waals surface area contributed by atoms with Crippen LogP contribution in [0.5, 0.6) is 11.5 Å². The van der Waals surface area contributed by atoms with Crippen molar-refractivity contribution in [2.24, 2.45) is 0 Å². The Labute approximate surface area is 121 Å². The van der Waals surface area contributed by atoms with Gasteiger partial charge in [0.05, 0.1) is 25.6 Å². The second-order valence-electron chi connectivity index (χ2n) is 4.26. The van der Waals surface area contributed by atoms with E-state index in [0.717, 1.165) is 0 Å². The number of carbonyl (C=O) groups excluding carboxylic acids is 1. The molecular formula is C15H15FN2O3. The molecule has 2 aromatic carbocycles. The largest absolute Gasteiger partial charge is 0.497 e. The Bertz CT molecular complexity index is 674. The van der Waals surface area contributed by atoms with E-state index < -0.39 is 11.7 Å². The molecule has 110 valence electrons. The summed E-state index contributed by atoms with van der Waals surface area (Å²) in [7, 11) is 2.85. The molecule has 1 amide bonds. The fourth-order valence-electron chi connectivity index (χ4n) is 1.77. The van der Waals surface area contributed by atoms with E-state index in [1.165, 1.54) is 32.4 Å². The zero-order valence-electron chi connectivity index (χ0n) is 11.6. The number of ether oxygens (including phenoxy) is 2. The summed E-state index contributed by atoms with van der Waals surface area (Å²) in [6, 6.07) is 8.77. The van der Waals surface area contributed by atoms with Crippen molar-refractivity contribution in [2.45, 2.75) is 0 Å². The Morgan fingerprint density at radius 3 is 2.57 bits per heavy atom. The topological polar surface area (TPSA) is 73.6 Å². The van der Waals surface area contributed by atoms with Crippen molar-refractivity contribution >= 4 is 17.3 Å². The number of nitrogens with one attached hydrogen (secondary N) is 1. The van der Waals surface area contributed by atoms with Crippen molar-refractivity contribution in [2.75, 3.05) is 25.3 Å². The highest BCUT2D eigenvalue weighted by Crippen LogP contribution is 2.25. The molecule has 6 heteroatoms. The van der Waals surface area contributed by atoms with E-state index in [9.17, 15) is 9.18 Å². The average Bonchev–Trinajstić information content (AvgIpc) is 2.49. The minimum absolute atomic E-state index is 0.00117. The fraction of sp³-hybridized carbons (Fsp3) is 0.133. The van der Waals surface area contributed by atoms with E-state index in [0.29, 0.717) is 17.1 Å². The summed E-state index contributed by atoms with van der Waals surface area (Å²) >= 11 is 0. The summed E-state index contributed by atoms with van der Waals surface area (Å²) in [6.07, 6.45) is 0. The molecule has 0 aliphatic heterocycles. The number of methoxy groups -OCH3 is 2. The number of hydrogen-bond acceptors (Lipinski definition) is 4. The zero-order chi connectivity index (χ0) is 15.4. The van der Waals surface area contributed by atoms with E-state index in [4.69, 9.17) is 15.2 Å². The van der Waals surface area contributed by atoms with Gasteiger partial charge in [0.2, 0.25) is 0 Å². The minimum atomic E-state index is -0.532. The molecule has 0 fully saturated rings. The first-order chi connectivity index (χ1) is 10.0. The third kappa shape index (κ3) is 3.22. The smallest absolute Gasteiger partial charge is 0.255 e. The second kappa shape index (κ2) is 6.13. The molecule has 0 bridgehead atoms. The number of nitrogen functional groups attached to an aromatic ring is 1. The van der Waals surface area contributed by atoms with Crippen molar-refractivity contribution in [3.05, 3.63) is 47.8 Å². The Balaban J connectivity index is 2.25. The minimum Gasteiger partial charge on any atom is -0.497 e. The molecule has 0 atom stereocenters. The molecule has 21 heavy (non-hydrogen) atoms. The maximum atomic E-state index is 13.3. The normalized spacial score (nSPS) is 10.0. The number of anilines is 2. The van der Waals surface area contributed by atoms with Crippen LogP contribution in [-0.4, -0.2) is 20.1 Å². The molecule has 0 saturated heterocycles. The molecule has 5 nitrogen and oxygen atoms in total. The highest BCUT2D eigenvalue weighted by atomic mass is 19.1. The van der Waals surface area contributed by atoms with Crippen LogP contribution in [0.4, 0.5) is 15.8 Å². The van der Waals surface area contributed by atoms with Crippen LogP contribution in [0.25, 0.3) is 0 Å². The molecule has 2 aromatic rings. The van der Waals surface area contributed by atoms with Gasteiger partial charge in [0, 0.05) is 11.6 Å². The van der Waals surface area contributed by atoms with Crippen molar-refractivity contribution in [1.29, 1.82) is 0 Å². The Hall–Kier alpha value is -2.76. The number of amides is 1. The van der Waals surface area contributed by atoms with Gasteiger partial charge in [0.25, 0.3) is 5.91 Å². The third-order valence-electron chi connectivity index (χ3n) is 2.92. The maximum absolute atomic E-state index is 13.3. The van der Waals surface area contributed by atoms with Gasteiger partial charge in [-0.2, -0.15) is 0 Å². The van der Waals surface area contributed by atoms with Gasteiger partial charge in [-0.15, -0.1) is 0 Å². The quantitative estimate of drug-likeness (QED) is 0.849. The lowest BCUT2D eigenvalue weighted by molar-refractivity contribution is 0.102. The first-order valence-electron chi connectivity index (χ1n) is 6.13. The van der Waals surface area contributed by atoms with Gasteiger partial charge in [-0.25, -0.2) is 4.39 Å². The van der Waals surface area contributed by atoms with Gasteiger partial charge in [0.1, 0.15) is 5.75 Å². The number of carbonyl (C=O) groups is 1. The van der Waals surface area contributed by atoms with Crippen molar-refractivity contribution < 1.29 is 18.7 Å². The highest BCUT2D eigenvalue weighted by molar-refractivity contribution is 6.06. The standard InChI is InChI=1S/C15H15FN2O3/c1-20-10-4-6-12(17)13(8-10)18-15(19)9-3-5-11(16)14(7-9)21-2/h3-8H,17H2,1-2H3,(H,18,19).